The number of hydrogen-bond acceptors (Lipinski definition) is 4. The van der Waals surface area contributed by atoms with Crippen LogP contribution in [-0.4, -0.2) is 31.6 Å². The molecule has 2 aromatic rings. The molecule has 9 heteroatoms. The third kappa shape index (κ3) is 2.91. The van der Waals surface area contributed by atoms with Crippen LogP contribution < -0.4 is 0 Å². The SMILES string of the molecule is Cn1c(SCC(=O)O)nnc1-c1cc(F)c(Cl)cc1F. The molecule has 1 aromatic carbocycles. The maximum Gasteiger partial charge on any atom is 0.313 e. The van der Waals surface area contributed by atoms with Gasteiger partial charge in [0, 0.05) is 7.05 Å². The predicted octanol–water partition coefficient (Wildman–Crippen LogP) is 2.59. The molecular weight excluding hydrogens is 312 g/mol. The van der Waals surface area contributed by atoms with Crippen molar-refractivity contribution in [1.29, 1.82) is 0 Å². The van der Waals surface area contributed by atoms with Crippen LogP contribution in [0.2, 0.25) is 5.02 Å². The van der Waals surface area contributed by atoms with E-state index < -0.39 is 17.6 Å². The summed E-state index contributed by atoms with van der Waals surface area (Å²) in [7, 11) is 1.53. The van der Waals surface area contributed by atoms with Crippen molar-refractivity contribution in [1.82, 2.24) is 14.8 Å². The fraction of sp³-hybridized carbons (Fsp3) is 0.182. The molecule has 20 heavy (non-hydrogen) atoms. The van der Waals surface area contributed by atoms with Crippen molar-refractivity contribution in [3.05, 3.63) is 28.8 Å². The van der Waals surface area contributed by atoms with Crippen LogP contribution in [0.5, 0.6) is 0 Å². The van der Waals surface area contributed by atoms with Gasteiger partial charge in [-0.25, -0.2) is 8.78 Å². The van der Waals surface area contributed by atoms with Gasteiger partial charge in [0.25, 0.3) is 0 Å². The Kier molecular flexibility index (Phi) is 4.24. The Bertz CT molecular complexity index is 678. The second kappa shape index (κ2) is 5.76. The van der Waals surface area contributed by atoms with Gasteiger partial charge in [0.2, 0.25) is 0 Å². The summed E-state index contributed by atoms with van der Waals surface area (Å²) in [4.78, 5) is 10.5. The van der Waals surface area contributed by atoms with Crippen molar-refractivity contribution in [3.63, 3.8) is 0 Å². The largest absolute Gasteiger partial charge is 0.481 e. The molecule has 0 radical (unpaired) electrons. The monoisotopic (exact) mass is 319 g/mol. The van der Waals surface area contributed by atoms with E-state index in [9.17, 15) is 13.6 Å². The zero-order valence-corrected chi connectivity index (χ0v) is 11.7. The van der Waals surface area contributed by atoms with E-state index in [4.69, 9.17) is 16.7 Å². The van der Waals surface area contributed by atoms with Gasteiger partial charge < -0.3 is 9.67 Å². The maximum atomic E-state index is 13.8. The first-order valence-electron chi connectivity index (χ1n) is 5.29. The minimum absolute atomic E-state index is 0.0888. The lowest BCUT2D eigenvalue weighted by atomic mass is 10.2. The fourth-order valence-electron chi connectivity index (χ4n) is 1.50. The number of aromatic nitrogens is 3. The Hall–Kier alpha value is -1.67. The number of rotatable bonds is 4. The van der Waals surface area contributed by atoms with Crippen LogP contribution in [0.25, 0.3) is 11.4 Å². The standard InChI is InChI=1S/C11H8ClF2N3O2S/c1-17-10(15-16-11(17)20-4-9(18)19)5-2-8(14)6(12)3-7(5)13/h2-3H,4H2,1H3,(H,18,19). The van der Waals surface area contributed by atoms with Gasteiger partial charge in [-0.1, -0.05) is 23.4 Å². The first-order valence-corrected chi connectivity index (χ1v) is 6.65. The summed E-state index contributed by atoms with van der Waals surface area (Å²) in [5.74, 6) is -2.63. The molecule has 0 bridgehead atoms. The number of halogens is 3. The lowest BCUT2D eigenvalue weighted by molar-refractivity contribution is -0.133. The molecule has 0 spiro atoms. The van der Waals surface area contributed by atoms with Crippen LogP contribution in [0.15, 0.2) is 17.3 Å². The van der Waals surface area contributed by atoms with Crippen LogP contribution in [-0.2, 0) is 11.8 Å². The van der Waals surface area contributed by atoms with Crippen molar-refractivity contribution in [2.75, 3.05) is 5.75 Å². The number of nitrogens with zero attached hydrogens (tertiary/aromatic N) is 3. The third-order valence-electron chi connectivity index (χ3n) is 2.41. The van der Waals surface area contributed by atoms with E-state index in [1.165, 1.54) is 11.6 Å². The maximum absolute atomic E-state index is 13.8. The molecule has 0 atom stereocenters. The third-order valence-corrected chi connectivity index (χ3v) is 3.71. The zero-order valence-electron chi connectivity index (χ0n) is 10.1. The number of aliphatic carboxylic acids is 1. The highest BCUT2D eigenvalue weighted by Crippen LogP contribution is 2.28. The average Bonchev–Trinajstić information content (AvgIpc) is 2.73. The molecule has 0 aliphatic rings. The fourth-order valence-corrected chi connectivity index (χ4v) is 2.28. The smallest absolute Gasteiger partial charge is 0.313 e. The molecule has 0 saturated carbocycles. The van der Waals surface area contributed by atoms with Crippen LogP contribution in [0.1, 0.15) is 0 Å². The van der Waals surface area contributed by atoms with E-state index >= 15 is 0 Å². The first-order chi connectivity index (χ1) is 9.40. The molecule has 2 rings (SSSR count). The number of carboxylic acids is 1. The summed E-state index contributed by atoms with van der Waals surface area (Å²) in [5, 5.41) is 16.1. The number of carboxylic acid groups (broad SMARTS) is 1. The molecular formula is C11H8ClF2N3O2S. The number of thioether (sulfide) groups is 1. The lowest BCUT2D eigenvalue weighted by Gasteiger charge is -2.05. The minimum Gasteiger partial charge on any atom is -0.481 e. The summed E-state index contributed by atoms with van der Waals surface area (Å²) < 4.78 is 28.6. The van der Waals surface area contributed by atoms with E-state index in [1.807, 2.05) is 0 Å². The van der Waals surface area contributed by atoms with Crippen LogP contribution in [0.4, 0.5) is 8.78 Å². The Labute approximate surface area is 121 Å². The highest BCUT2D eigenvalue weighted by molar-refractivity contribution is 7.99. The Balaban J connectivity index is 2.39. The van der Waals surface area contributed by atoms with Crippen LogP contribution in [0.3, 0.4) is 0 Å². The van der Waals surface area contributed by atoms with Gasteiger partial charge in [-0.05, 0) is 12.1 Å². The van der Waals surface area contributed by atoms with E-state index in [0.717, 1.165) is 23.9 Å². The van der Waals surface area contributed by atoms with Crippen molar-refractivity contribution in [2.45, 2.75) is 5.16 Å². The normalized spacial score (nSPS) is 10.8. The molecule has 106 valence electrons. The second-order valence-electron chi connectivity index (χ2n) is 3.79. The van der Waals surface area contributed by atoms with E-state index in [2.05, 4.69) is 10.2 Å². The summed E-state index contributed by atoms with van der Waals surface area (Å²) in [6.07, 6.45) is 0. The summed E-state index contributed by atoms with van der Waals surface area (Å²) in [5.41, 5.74) is -0.0934. The molecule has 0 unspecified atom stereocenters. The Morgan fingerprint density at radius 3 is 2.75 bits per heavy atom. The van der Waals surface area contributed by atoms with Gasteiger partial charge >= 0.3 is 5.97 Å². The number of carbonyl (C=O) groups is 1. The zero-order chi connectivity index (χ0) is 14.9. The molecule has 0 aliphatic heterocycles. The molecule has 5 nitrogen and oxygen atoms in total. The molecule has 1 aromatic heterocycles. The topological polar surface area (TPSA) is 68.0 Å². The Morgan fingerprint density at radius 1 is 1.40 bits per heavy atom. The first kappa shape index (κ1) is 14.7. The van der Waals surface area contributed by atoms with Gasteiger partial charge in [-0.15, -0.1) is 10.2 Å². The van der Waals surface area contributed by atoms with E-state index in [-0.39, 0.29) is 27.3 Å². The van der Waals surface area contributed by atoms with Crippen molar-refractivity contribution >= 4 is 29.3 Å². The number of hydrogen-bond donors (Lipinski definition) is 1. The van der Waals surface area contributed by atoms with Crippen molar-refractivity contribution in [2.24, 2.45) is 7.05 Å². The molecule has 0 fully saturated rings. The van der Waals surface area contributed by atoms with Crippen LogP contribution in [0, 0.1) is 11.6 Å². The summed E-state index contributed by atoms with van der Waals surface area (Å²) in [6, 6.07) is 1.78. The highest BCUT2D eigenvalue weighted by Gasteiger charge is 2.17. The van der Waals surface area contributed by atoms with Crippen LogP contribution >= 0.6 is 23.4 Å². The van der Waals surface area contributed by atoms with Gasteiger partial charge in [0.1, 0.15) is 11.6 Å². The van der Waals surface area contributed by atoms with Crippen molar-refractivity contribution < 1.29 is 18.7 Å². The van der Waals surface area contributed by atoms with Gasteiger partial charge in [0.05, 0.1) is 16.3 Å². The molecule has 0 saturated heterocycles. The number of benzene rings is 1. The predicted molar refractivity (Wildman–Crippen MR) is 69.7 cm³/mol. The lowest BCUT2D eigenvalue weighted by Crippen LogP contribution is -2.01. The Morgan fingerprint density at radius 2 is 2.10 bits per heavy atom. The van der Waals surface area contributed by atoms with Gasteiger partial charge in [-0.2, -0.15) is 0 Å². The van der Waals surface area contributed by atoms with Gasteiger partial charge in [0.15, 0.2) is 11.0 Å². The second-order valence-corrected chi connectivity index (χ2v) is 5.14. The molecule has 1 heterocycles. The van der Waals surface area contributed by atoms with E-state index in [0.29, 0.717) is 0 Å². The molecule has 0 aliphatic carbocycles. The van der Waals surface area contributed by atoms with E-state index in [1.54, 1.807) is 0 Å². The van der Waals surface area contributed by atoms with Gasteiger partial charge in [-0.3, -0.25) is 4.79 Å². The molecule has 1 N–H and O–H groups in total. The quantitative estimate of drug-likeness (QED) is 0.693. The van der Waals surface area contributed by atoms with Crippen molar-refractivity contribution in [3.8, 4) is 11.4 Å². The molecule has 0 amide bonds. The summed E-state index contributed by atoms with van der Waals surface area (Å²) >= 11 is 6.41. The average molecular weight is 320 g/mol. The minimum atomic E-state index is -1.01. The highest BCUT2D eigenvalue weighted by atomic mass is 35.5. The summed E-state index contributed by atoms with van der Waals surface area (Å²) in [6.45, 7) is 0.